The second-order valence-electron chi connectivity index (χ2n) is 8.12. The second-order valence-corrected chi connectivity index (χ2v) is 8.12. The van der Waals surface area contributed by atoms with Crippen molar-refractivity contribution in [2.45, 2.75) is 0 Å². The normalized spacial score (nSPS) is 10.2. The van der Waals surface area contributed by atoms with Crippen LogP contribution >= 0.6 is 0 Å². The maximum atomic E-state index is 8.97. The fraction of sp³-hybridized carbons (Fsp3) is 0. The number of benzene rings is 5. The lowest BCUT2D eigenvalue weighted by Gasteiger charge is -2.27. The van der Waals surface area contributed by atoms with Gasteiger partial charge >= 0.3 is 0 Å². The van der Waals surface area contributed by atoms with Gasteiger partial charge in [0.1, 0.15) is 17.7 Å². The largest absolute Gasteiger partial charge is 0.310 e. The van der Waals surface area contributed by atoms with Crippen LogP contribution in [0.2, 0.25) is 0 Å². The Bertz CT molecular complexity index is 1560. The summed E-state index contributed by atoms with van der Waals surface area (Å²) in [7, 11) is 0. The Morgan fingerprint density at radius 2 is 1.14 bits per heavy atom. The number of hydrogen-bond acceptors (Lipinski definition) is 3. The Kier molecular flexibility index (Phi) is 6.07. The predicted octanol–water partition coefficient (Wildman–Crippen LogP) is 8.41. The van der Waals surface area contributed by atoms with Gasteiger partial charge in [0.25, 0.3) is 0 Å². The van der Waals surface area contributed by atoms with E-state index in [2.05, 4.69) is 95.9 Å². The highest BCUT2D eigenvalue weighted by Gasteiger charge is 2.15. The van der Waals surface area contributed by atoms with Crippen molar-refractivity contribution in [3.8, 4) is 23.3 Å². The summed E-state index contributed by atoms with van der Waals surface area (Å²) in [6.45, 7) is 0. The Labute approximate surface area is 205 Å². The maximum Gasteiger partial charge on any atom is 0.130 e. The Balaban J connectivity index is 1.53. The van der Waals surface area contributed by atoms with E-state index < -0.39 is 0 Å². The van der Waals surface area contributed by atoms with E-state index in [1.807, 2.05) is 42.5 Å². The first-order valence-corrected chi connectivity index (χ1v) is 11.3. The third-order valence-electron chi connectivity index (χ3n) is 5.94. The number of hydrogen-bond donors (Lipinski definition) is 0. The summed E-state index contributed by atoms with van der Waals surface area (Å²) < 4.78 is 0. The van der Waals surface area contributed by atoms with Crippen LogP contribution < -0.4 is 4.90 Å². The zero-order valence-corrected chi connectivity index (χ0v) is 19.0. The molecule has 5 rings (SSSR count). The molecule has 0 spiro atoms. The summed E-state index contributed by atoms with van der Waals surface area (Å²) in [5.74, 6) is 0. The molecule has 0 amide bonds. The van der Waals surface area contributed by atoms with Crippen LogP contribution in [0, 0.1) is 22.7 Å². The minimum atomic E-state index is 0.0940. The van der Waals surface area contributed by atoms with E-state index in [0.717, 1.165) is 33.8 Å². The standard InChI is InChI=1S/C32H21N3/c33-22-25(23-34)21-24-13-15-26(16-14-24)27-17-19-30(20-18-27)35(29-9-2-1-3-10-29)32-12-6-8-28-7-4-5-11-31(28)32/h1-21H. The molecule has 0 fully saturated rings. The molecule has 0 saturated heterocycles. The molecule has 5 aromatic carbocycles. The number of para-hydroxylation sites is 1. The molecule has 5 aromatic rings. The molecule has 0 bridgehead atoms. The van der Waals surface area contributed by atoms with Crippen molar-refractivity contribution in [1.82, 2.24) is 0 Å². The van der Waals surface area contributed by atoms with Crippen LogP contribution in [0.25, 0.3) is 28.0 Å². The molecule has 35 heavy (non-hydrogen) atoms. The predicted molar refractivity (Wildman–Crippen MR) is 143 cm³/mol. The first-order valence-electron chi connectivity index (χ1n) is 11.3. The molecule has 0 atom stereocenters. The highest BCUT2D eigenvalue weighted by Crippen LogP contribution is 2.39. The van der Waals surface area contributed by atoms with Gasteiger partial charge in [-0.15, -0.1) is 0 Å². The molecule has 0 aliphatic heterocycles. The molecule has 0 N–H and O–H groups in total. The van der Waals surface area contributed by atoms with Gasteiger partial charge in [-0.3, -0.25) is 0 Å². The van der Waals surface area contributed by atoms with Gasteiger partial charge in [-0.1, -0.05) is 91.0 Å². The van der Waals surface area contributed by atoms with Crippen molar-refractivity contribution in [3.63, 3.8) is 0 Å². The van der Waals surface area contributed by atoms with Crippen LogP contribution in [0.5, 0.6) is 0 Å². The quantitative estimate of drug-likeness (QED) is 0.254. The van der Waals surface area contributed by atoms with E-state index in [9.17, 15) is 0 Å². The SMILES string of the molecule is N#CC(C#N)=Cc1ccc(-c2ccc(N(c3ccccc3)c3cccc4ccccc34)cc2)cc1. The number of nitriles is 2. The monoisotopic (exact) mass is 447 g/mol. The molecule has 0 saturated carbocycles. The van der Waals surface area contributed by atoms with Crippen LogP contribution in [-0.4, -0.2) is 0 Å². The van der Waals surface area contributed by atoms with Crippen molar-refractivity contribution in [2.75, 3.05) is 4.90 Å². The Hall–Kier alpha value is -5.12. The zero-order chi connectivity index (χ0) is 24.0. The maximum absolute atomic E-state index is 8.97. The van der Waals surface area contributed by atoms with Gasteiger partial charge in [-0.2, -0.15) is 10.5 Å². The summed E-state index contributed by atoms with van der Waals surface area (Å²) in [5, 5.41) is 20.3. The lowest BCUT2D eigenvalue weighted by molar-refractivity contribution is 1.30. The van der Waals surface area contributed by atoms with Crippen molar-refractivity contribution in [3.05, 3.63) is 132 Å². The summed E-state index contributed by atoms with van der Waals surface area (Å²) in [4.78, 5) is 2.28. The van der Waals surface area contributed by atoms with Gasteiger partial charge in [0, 0.05) is 16.8 Å². The first kappa shape index (κ1) is 21.7. The minimum Gasteiger partial charge on any atom is -0.310 e. The summed E-state index contributed by atoms with van der Waals surface area (Å²) in [6, 6.07) is 45.4. The molecule has 3 nitrogen and oxygen atoms in total. The topological polar surface area (TPSA) is 50.8 Å². The summed E-state index contributed by atoms with van der Waals surface area (Å²) >= 11 is 0. The molecule has 3 heteroatoms. The van der Waals surface area contributed by atoms with Crippen LogP contribution in [-0.2, 0) is 0 Å². The molecule has 0 aliphatic rings. The van der Waals surface area contributed by atoms with Gasteiger partial charge in [-0.05, 0) is 58.5 Å². The van der Waals surface area contributed by atoms with Crippen molar-refractivity contribution in [2.24, 2.45) is 0 Å². The van der Waals surface area contributed by atoms with Gasteiger partial charge in [0.15, 0.2) is 0 Å². The molecule has 164 valence electrons. The molecule has 0 aliphatic carbocycles. The number of anilines is 3. The van der Waals surface area contributed by atoms with Crippen LogP contribution in [0.4, 0.5) is 17.1 Å². The third kappa shape index (κ3) is 4.53. The molecule has 0 unspecified atom stereocenters. The van der Waals surface area contributed by atoms with Gasteiger partial charge in [0.2, 0.25) is 0 Å². The highest BCUT2D eigenvalue weighted by molar-refractivity contribution is 5.98. The molecule has 0 radical (unpaired) electrons. The van der Waals surface area contributed by atoms with Crippen molar-refractivity contribution >= 4 is 33.9 Å². The van der Waals surface area contributed by atoms with Crippen LogP contribution in [0.3, 0.4) is 0 Å². The zero-order valence-electron chi connectivity index (χ0n) is 19.0. The average Bonchev–Trinajstić information content (AvgIpc) is 2.93. The van der Waals surface area contributed by atoms with E-state index >= 15 is 0 Å². The highest BCUT2D eigenvalue weighted by atomic mass is 15.1. The lowest BCUT2D eigenvalue weighted by atomic mass is 10.0. The van der Waals surface area contributed by atoms with Crippen molar-refractivity contribution < 1.29 is 0 Å². The number of rotatable bonds is 5. The number of nitrogens with zero attached hydrogens (tertiary/aromatic N) is 3. The minimum absolute atomic E-state index is 0.0940. The van der Waals surface area contributed by atoms with E-state index in [-0.39, 0.29) is 5.57 Å². The molecule has 0 aromatic heterocycles. The van der Waals surface area contributed by atoms with Crippen molar-refractivity contribution in [1.29, 1.82) is 10.5 Å². The Morgan fingerprint density at radius 1 is 0.571 bits per heavy atom. The Morgan fingerprint density at radius 3 is 1.83 bits per heavy atom. The smallest absolute Gasteiger partial charge is 0.130 e. The summed E-state index contributed by atoms with van der Waals surface area (Å²) in [6.07, 6.45) is 1.59. The van der Waals surface area contributed by atoms with E-state index in [4.69, 9.17) is 10.5 Å². The fourth-order valence-electron chi connectivity index (χ4n) is 4.24. The number of allylic oxidation sites excluding steroid dienone is 1. The molecular weight excluding hydrogens is 426 g/mol. The van der Waals surface area contributed by atoms with Gasteiger partial charge in [0.05, 0.1) is 5.69 Å². The molecule has 0 heterocycles. The lowest BCUT2D eigenvalue weighted by Crippen LogP contribution is -2.10. The molecular formula is C32H21N3. The second kappa shape index (κ2) is 9.79. The van der Waals surface area contributed by atoms with Crippen LogP contribution in [0.15, 0.2) is 127 Å². The van der Waals surface area contributed by atoms with E-state index in [1.165, 1.54) is 10.8 Å². The summed E-state index contributed by atoms with van der Waals surface area (Å²) in [5.41, 5.74) is 6.38. The number of fused-ring (bicyclic) bond motifs is 1. The van der Waals surface area contributed by atoms with E-state index in [0.29, 0.717) is 0 Å². The van der Waals surface area contributed by atoms with Gasteiger partial charge < -0.3 is 4.90 Å². The van der Waals surface area contributed by atoms with Crippen LogP contribution in [0.1, 0.15) is 5.56 Å². The first-order chi connectivity index (χ1) is 17.3. The fourth-order valence-corrected chi connectivity index (χ4v) is 4.24. The average molecular weight is 448 g/mol. The van der Waals surface area contributed by atoms with Gasteiger partial charge in [-0.25, -0.2) is 0 Å². The van der Waals surface area contributed by atoms with E-state index in [1.54, 1.807) is 6.08 Å². The third-order valence-corrected chi connectivity index (χ3v) is 5.94.